The minimum absolute atomic E-state index is 0.00162. The molecule has 1 fully saturated rings. The van der Waals surface area contributed by atoms with Crippen molar-refractivity contribution >= 4 is 6.29 Å². The molecule has 1 saturated heterocycles. The van der Waals surface area contributed by atoms with E-state index in [2.05, 4.69) is 0 Å². The van der Waals surface area contributed by atoms with Crippen LogP contribution in [0.15, 0.2) is 0 Å². The second kappa shape index (κ2) is 8.36. The van der Waals surface area contributed by atoms with E-state index in [-0.39, 0.29) is 18.6 Å². The Balaban J connectivity index is 0.000000791. The molecule has 1 aliphatic rings. The average Bonchev–Trinajstić information content (AvgIpc) is 2.71. The van der Waals surface area contributed by atoms with Crippen LogP contribution in [0.2, 0.25) is 0 Å². The molecule has 1 heterocycles. The Labute approximate surface area is 94.0 Å². The average molecular weight is 373 g/mol. The molecule has 1 aliphatic heterocycles. The van der Waals surface area contributed by atoms with E-state index >= 15 is 0 Å². The van der Waals surface area contributed by atoms with Gasteiger partial charge in [0.25, 0.3) is 0 Å². The Bertz CT molecular complexity index is 166. The van der Waals surface area contributed by atoms with E-state index in [1.165, 1.54) is 7.11 Å². The fraction of sp³-hybridized carbons (Fsp3) is 0.750. The number of ether oxygens (including phenoxy) is 2. The quantitative estimate of drug-likeness (QED) is 0.521. The first-order valence-electron chi connectivity index (χ1n) is 4.04. The fourth-order valence-electron chi connectivity index (χ4n) is 1.33. The van der Waals surface area contributed by atoms with Gasteiger partial charge in [0.05, 0.1) is 6.10 Å². The molecule has 3 atom stereocenters. The Morgan fingerprint density at radius 3 is 2.86 bits per heavy atom. The summed E-state index contributed by atoms with van der Waals surface area (Å²) in [6.45, 7) is 0.474. The summed E-state index contributed by atoms with van der Waals surface area (Å²) in [6.07, 6.45) is 1.66. The summed E-state index contributed by atoms with van der Waals surface area (Å²) < 4.78 is 18.5. The molecule has 0 amide bonds. The second-order valence-corrected chi connectivity index (χ2v) is 2.72. The van der Waals surface area contributed by atoms with Crippen molar-refractivity contribution in [2.24, 2.45) is 5.92 Å². The molecular weight excluding hydrogens is 360 g/mol. The Morgan fingerprint density at radius 2 is 2.43 bits per heavy atom. The third-order valence-electron chi connectivity index (χ3n) is 2.05. The Kier molecular flexibility index (Phi) is 8.38. The third kappa shape index (κ3) is 3.65. The van der Waals surface area contributed by atoms with Gasteiger partial charge in [0.15, 0.2) is 6.29 Å². The Morgan fingerprint density at radius 1 is 1.79 bits per heavy atom. The summed E-state index contributed by atoms with van der Waals surface area (Å²) in [5.74, 6) is -0.0832. The predicted molar refractivity (Wildman–Crippen MR) is 42.2 cm³/mol. The van der Waals surface area contributed by atoms with Crippen LogP contribution in [0, 0.1) is 12.3 Å². The van der Waals surface area contributed by atoms with E-state index in [1.807, 2.05) is 6.42 Å². The number of hydrogen-bond donors (Lipinski definition) is 1. The SMILES string of the molecule is COC(C=O)C1OC[CH-]C1CO.[O]=[W]. The zero-order valence-corrected chi connectivity index (χ0v) is 10.7. The van der Waals surface area contributed by atoms with Crippen LogP contribution in [-0.2, 0) is 37.4 Å². The number of carbonyl (C=O) groups excluding carboxylic acids is 1. The molecule has 82 valence electrons. The summed E-state index contributed by atoms with van der Waals surface area (Å²) >= 11 is 0.333. The van der Waals surface area contributed by atoms with Gasteiger partial charge >= 0.3 is 23.2 Å². The number of carbonyl (C=O) groups is 1. The molecule has 5 nitrogen and oxygen atoms in total. The van der Waals surface area contributed by atoms with Crippen LogP contribution in [0.4, 0.5) is 0 Å². The van der Waals surface area contributed by atoms with Crippen LogP contribution in [0.1, 0.15) is 0 Å². The number of rotatable bonds is 4. The molecule has 6 heteroatoms. The number of methoxy groups -OCH3 is 1. The molecule has 0 saturated carbocycles. The van der Waals surface area contributed by atoms with Gasteiger partial charge in [0.1, 0.15) is 6.10 Å². The van der Waals surface area contributed by atoms with Crippen molar-refractivity contribution in [1.29, 1.82) is 0 Å². The fourth-order valence-corrected chi connectivity index (χ4v) is 1.33. The summed E-state index contributed by atoms with van der Waals surface area (Å²) in [6, 6.07) is 0. The van der Waals surface area contributed by atoms with Crippen LogP contribution < -0.4 is 0 Å². The number of aliphatic hydroxyl groups excluding tert-OH is 1. The van der Waals surface area contributed by atoms with E-state index in [0.717, 1.165) is 0 Å². The van der Waals surface area contributed by atoms with Crippen LogP contribution in [0.5, 0.6) is 0 Å². The number of aldehydes is 1. The molecule has 1 N–H and O–H groups in total. The van der Waals surface area contributed by atoms with E-state index in [9.17, 15) is 4.79 Å². The molecule has 0 spiro atoms. The van der Waals surface area contributed by atoms with Crippen LogP contribution in [-0.4, -0.2) is 43.9 Å². The molecule has 0 aromatic carbocycles. The first-order chi connectivity index (χ1) is 6.83. The van der Waals surface area contributed by atoms with Gasteiger partial charge < -0.3 is 19.4 Å². The van der Waals surface area contributed by atoms with Crippen molar-refractivity contribution in [3.05, 3.63) is 6.42 Å². The molecular formula is C8H13O5W-. The first kappa shape index (κ1) is 14.0. The molecule has 1 rings (SSSR count). The van der Waals surface area contributed by atoms with E-state index in [1.54, 1.807) is 0 Å². The normalized spacial score (nSPS) is 27.6. The third-order valence-corrected chi connectivity index (χ3v) is 2.05. The van der Waals surface area contributed by atoms with Gasteiger partial charge in [0, 0.05) is 13.7 Å². The Hall–Kier alpha value is 0.0383. The van der Waals surface area contributed by atoms with Gasteiger partial charge in [-0.1, -0.05) is 6.61 Å². The maximum atomic E-state index is 10.5. The van der Waals surface area contributed by atoms with Crippen molar-refractivity contribution in [2.75, 3.05) is 20.3 Å². The summed E-state index contributed by atoms with van der Waals surface area (Å²) in [4.78, 5) is 10.5. The molecule has 0 bridgehead atoms. The monoisotopic (exact) mass is 373 g/mol. The van der Waals surface area contributed by atoms with Crippen molar-refractivity contribution in [3.63, 3.8) is 0 Å². The zero-order chi connectivity index (χ0) is 11.0. The van der Waals surface area contributed by atoms with Crippen molar-refractivity contribution in [1.82, 2.24) is 0 Å². The van der Waals surface area contributed by atoms with Crippen molar-refractivity contribution < 1.29 is 42.5 Å². The predicted octanol–water partition coefficient (Wildman–Crippen LogP) is -0.709. The van der Waals surface area contributed by atoms with Crippen LogP contribution in [0.25, 0.3) is 0 Å². The van der Waals surface area contributed by atoms with Gasteiger partial charge in [-0.25, -0.2) is 0 Å². The summed E-state index contributed by atoms with van der Waals surface area (Å²) in [7, 11) is 1.45. The number of hydrogen-bond acceptors (Lipinski definition) is 5. The second-order valence-electron chi connectivity index (χ2n) is 2.72. The number of aliphatic hydroxyl groups is 1. The molecule has 14 heavy (non-hydrogen) atoms. The maximum absolute atomic E-state index is 10.5. The topological polar surface area (TPSA) is 72.8 Å². The molecule has 3 unspecified atom stereocenters. The van der Waals surface area contributed by atoms with Gasteiger partial charge in [0.2, 0.25) is 0 Å². The van der Waals surface area contributed by atoms with Crippen molar-refractivity contribution in [3.8, 4) is 0 Å². The van der Waals surface area contributed by atoms with Gasteiger partial charge in [-0.2, -0.15) is 0 Å². The van der Waals surface area contributed by atoms with Gasteiger partial charge in [-0.15, -0.1) is 5.92 Å². The molecule has 0 aromatic rings. The summed E-state index contributed by atoms with van der Waals surface area (Å²) in [5.41, 5.74) is 0. The minimum atomic E-state index is -0.569. The first-order valence-corrected chi connectivity index (χ1v) is 5.23. The van der Waals surface area contributed by atoms with Crippen LogP contribution >= 0.6 is 0 Å². The summed E-state index contributed by atoms with van der Waals surface area (Å²) in [5, 5.41) is 8.89. The molecule has 0 radical (unpaired) electrons. The van der Waals surface area contributed by atoms with E-state index in [0.29, 0.717) is 32.7 Å². The van der Waals surface area contributed by atoms with Crippen molar-refractivity contribution in [2.45, 2.75) is 12.2 Å². The van der Waals surface area contributed by atoms with E-state index in [4.69, 9.17) is 18.0 Å². The zero-order valence-electron chi connectivity index (χ0n) is 7.79. The molecule has 0 aliphatic carbocycles. The standard InChI is InChI=1S/C8H13O4.O.W/c1-11-7(5-10)8-6(4-9)2-3-12-8;;/h2,5-9H,3-4H2,1H3;;/q-1;;. The van der Waals surface area contributed by atoms with Gasteiger partial charge in [-0.3, -0.25) is 6.42 Å². The van der Waals surface area contributed by atoms with Crippen LogP contribution in [0.3, 0.4) is 0 Å². The molecule has 0 aromatic heterocycles. The van der Waals surface area contributed by atoms with E-state index < -0.39 is 6.10 Å². The van der Waals surface area contributed by atoms with Gasteiger partial charge in [-0.05, 0) is 0 Å².